The molecule has 0 amide bonds. The summed E-state index contributed by atoms with van der Waals surface area (Å²) in [4.78, 5) is 17.9. The van der Waals surface area contributed by atoms with Crippen molar-refractivity contribution < 1.29 is 29.3 Å². The number of hydrogen-bond donors (Lipinski definition) is 2. The molecule has 0 saturated carbocycles. The van der Waals surface area contributed by atoms with Crippen molar-refractivity contribution in [3.05, 3.63) is 0 Å². The van der Waals surface area contributed by atoms with Gasteiger partial charge in [0.05, 0.1) is 25.2 Å². The molecule has 22 heavy (non-hydrogen) atoms. The minimum atomic E-state index is -2.19. The molecule has 8 nitrogen and oxygen atoms in total. The molecular weight excluding hydrogens is 292 g/mol. The standard InChI is InChI=1S/2C6H11NO.C2H2O4/c2*1-3-7-6(1)2-4-8-5-6;3-1(4)2(5)6/h2*7H,1-5H2;(H,3,4)(H,5,6)/p-2. The van der Waals surface area contributed by atoms with Gasteiger partial charge in [-0.1, -0.05) is 0 Å². The van der Waals surface area contributed by atoms with Crippen LogP contribution in [-0.4, -0.2) is 62.5 Å². The van der Waals surface area contributed by atoms with Crippen molar-refractivity contribution in [3.63, 3.8) is 0 Å². The Bertz CT molecular complexity index is 352. The maximum atomic E-state index is 8.93. The molecule has 0 aromatic rings. The van der Waals surface area contributed by atoms with Crippen LogP contribution in [0.25, 0.3) is 0 Å². The van der Waals surface area contributed by atoms with Crippen LogP contribution in [0.4, 0.5) is 0 Å². The lowest BCUT2D eigenvalue weighted by Gasteiger charge is -2.38. The van der Waals surface area contributed by atoms with E-state index < -0.39 is 11.9 Å². The van der Waals surface area contributed by atoms with Crippen LogP contribution in [0.1, 0.15) is 25.7 Å². The second kappa shape index (κ2) is 7.36. The fourth-order valence-electron chi connectivity index (χ4n) is 2.84. The number of nitrogens with one attached hydrogen (secondary N) is 2. The summed E-state index contributed by atoms with van der Waals surface area (Å²) < 4.78 is 10.5. The summed E-state index contributed by atoms with van der Waals surface area (Å²) in [7, 11) is 0. The van der Waals surface area contributed by atoms with Crippen molar-refractivity contribution in [2.45, 2.75) is 36.8 Å². The number of rotatable bonds is 0. The molecule has 2 N–H and O–H groups in total. The quantitative estimate of drug-likeness (QED) is 0.447. The number of aliphatic carboxylic acids is 2. The number of carboxylic acid groups (broad SMARTS) is 2. The Morgan fingerprint density at radius 2 is 1.14 bits per heavy atom. The van der Waals surface area contributed by atoms with Crippen LogP contribution in [0, 0.1) is 0 Å². The first-order valence-corrected chi connectivity index (χ1v) is 7.55. The molecular formula is C14H22N2O6-2. The summed E-state index contributed by atoms with van der Waals surface area (Å²) in [5.74, 6) is -4.37. The molecule has 4 rings (SSSR count). The Balaban J connectivity index is 0.000000123. The molecule has 0 radical (unpaired) electrons. The zero-order valence-corrected chi connectivity index (χ0v) is 12.5. The Labute approximate surface area is 129 Å². The average molecular weight is 314 g/mol. The van der Waals surface area contributed by atoms with Crippen molar-refractivity contribution in [2.24, 2.45) is 0 Å². The fraction of sp³-hybridized carbons (Fsp3) is 0.857. The first-order valence-electron chi connectivity index (χ1n) is 7.55. The van der Waals surface area contributed by atoms with Crippen molar-refractivity contribution in [1.29, 1.82) is 0 Å². The van der Waals surface area contributed by atoms with Crippen molar-refractivity contribution in [1.82, 2.24) is 10.6 Å². The number of ether oxygens (including phenoxy) is 2. The molecule has 0 aromatic heterocycles. The summed E-state index contributed by atoms with van der Waals surface area (Å²) in [6.07, 6.45) is 5.11. The van der Waals surface area contributed by atoms with E-state index in [9.17, 15) is 0 Å². The lowest BCUT2D eigenvalue weighted by atomic mass is 9.88. The van der Waals surface area contributed by atoms with Gasteiger partial charge in [-0.15, -0.1) is 0 Å². The number of hydrogen-bond acceptors (Lipinski definition) is 8. The number of carbonyl (C=O) groups excluding carboxylic acids is 2. The lowest BCUT2D eigenvalue weighted by Crippen LogP contribution is -2.57. The molecule has 4 aliphatic heterocycles. The van der Waals surface area contributed by atoms with Crippen molar-refractivity contribution in [3.8, 4) is 0 Å². The molecule has 2 unspecified atom stereocenters. The minimum absolute atomic E-state index is 0.444. The third-order valence-corrected chi connectivity index (χ3v) is 4.58. The predicted octanol–water partition coefficient (Wildman–Crippen LogP) is -3.24. The molecule has 2 atom stereocenters. The van der Waals surface area contributed by atoms with E-state index in [2.05, 4.69) is 10.6 Å². The van der Waals surface area contributed by atoms with Crippen LogP contribution >= 0.6 is 0 Å². The normalized spacial score (nSPS) is 34.7. The maximum Gasteiger partial charge on any atom is 0.0870 e. The van der Waals surface area contributed by atoms with E-state index in [0.29, 0.717) is 11.1 Å². The number of carboxylic acids is 2. The van der Waals surface area contributed by atoms with Gasteiger partial charge >= 0.3 is 0 Å². The predicted molar refractivity (Wildman–Crippen MR) is 71.6 cm³/mol. The molecule has 4 heterocycles. The van der Waals surface area contributed by atoms with Gasteiger partial charge in [0.1, 0.15) is 0 Å². The molecule has 4 fully saturated rings. The zero-order valence-electron chi connectivity index (χ0n) is 12.5. The van der Waals surface area contributed by atoms with Gasteiger partial charge in [0.2, 0.25) is 0 Å². The van der Waals surface area contributed by atoms with E-state index in [-0.39, 0.29) is 0 Å². The highest BCUT2D eigenvalue weighted by Gasteiger charge is 2.40. The topological polar surface area (TPSA) is 123 Å². The van der Waals surface area contributed by atoms with E-state index in [1.807, 2.05) is 0 Å². The summed E-state index contributed by atoms with van der Waals surface area (Å²) in [5, 5.41) is 24.6. The molecule has 4 aliphatic rings. The Morgan fingerprint density at radius 1 is 0.773 bits per heavy atom. The van der Waals surface area contributed by atoms with Gasteiger partial charge < -0.3 is 39.9 Å². The summed E-state index contributed by atoms with van der Waals surface area (Å²) in [5.41, 5.74) is 0.889. The van der Waals surface area contributed by atoms with Gasteiger partial charge in [-0.05, 0) is 38.8 Å². The molecule has 4 saturated heterocycles. The molecule has 0 aliphatic carbocycles. The third-order valence-electron chi connectivity index (χ3n) is 4.58. The highest BCUT2D eigenvalue weighted by molar-refractivity contribution is 6.25. The van der Waals surface area contributed by atoms with Gasteiger partial charge in [0.15, 0.2) is 0 Å². The first-order chi connectivity index (χ1) is 10.5. The number of carbonyl (C=O) groups is 2. The van der Waals surface area contributed by atoms with Crippen molar-refractivity contribution >= 4 is 11.9 Å². The largest absolute Gasteiger partial charge is 0.543 e. The average Bonchev–Trinajstić information content (AvgIpc) is 3.08. The summed E-state index contributed by atoms with van der Waals surface area (Å²) in [6.45, 7) is 6.23. The van der Waals surface area contributed by atoms with E-state index in [1.165, 1.54) is 38.8 Å². The Kier molecular flexibility index (Phi) is 5.74. The Hall–Kier alpha value is -1.22. The smallest absolute Gasteiger partial charge is 0.0870 e. The van der Waals surface area contributed by atoms with Gasteiger partial charge in [0.25, 0.3) is 0 Å². The van der Waals surface area contributed by atoms with E-state index in [4.69, 9.17) is 29.3 Å². The van der Waals surface area contributed by atoms with E-state index >= 15 is 0 Å². The van der Waals surface area contributed by atoms with Crippen LogP contribution in [0.3, 0.4) is 0 Å². The van der Waals surface area contributed by atoms with Gasteiger partial charge in [-0.2, -0.15) is 0 Å². The molecule has 0 aromatic carbocycles. The molecule has 126 valence electrons. The summed E-state index contributed by atoms with van der Waals surface area (Å²) in [6, 6.07) is 0. The molecule has 0 bridgehead atoms. The highest BCUT2D eigenvalue weighted by atomic mass is 16.5. The summed E-state index contributed by atoms with van der Waals surface area (Å²) >= 11 is 0. The fourth-order valence-corrected chi connectivity index (χ4v) is 2.84. The van der Waals surface area contributed by atoms with Gasteiger partial charge in [-0.3, -0.25) is 0 Å². The molecule has 8 heteroatoms. The molecule has 2 spiro atoms. The van der Waals surface area contributed by atoms with Gasteiger partial charge in [-0.25, -0.2) is 0 Å². The monoisotopic (exact) mass is 314 g/mol. The lowest BCUT2D eigenvalue weighted by molar-refractivity contribution is -0.345. The van der Waals surface area contributed by atoms with E-state index in [0.717, 1.165) is 26.4 Å². The van der Waals surface area contributed by atoms with E-state index in [1.54, 1.807) is 0 Å². The van der Waals surface area contributed by atoms with Crippen LogP contribution < -0.4 is 20.8 Å². The van der Waals surface area contributed by atoms with Gasteiger partial charge in [0, 0.05) is 24.3 Å². The second-order valence-electron chi connectivity index (χ2n) is 6.09. The maximum absolute atomic E-state index is 8.93. The van der Waals surface area contributed by atoms with Crippen LogP contribution in [0.2, 0.25) is 0 Å². The van der Waals surface area contributed by atoms with Crippen molar-refractivity contribution in [2.75, 3.05) is 39.5 Å². The second-order valence-corrected chi connectivity index (χ2v) is 6.09. The zero-order chi connectivity index (χ0) is 16.1. The highest BCUT2D eigenvalue weighted by Crippen LogP contribution is 2.28. The Morgan fingerprint density at radius 3 is 1.23 bits per heavy atom. The van der Waals surface area contributed by atoms with Crippen LogP contribution in [0.5, 0.6) is 0 Å². The van der Waals surface area contributed by atoms with Crippen LogP contribution in [0.15, 0.2) is 0 Å². The first kappa shape index (κ1) is 17.1. The minimum Gasteiger partial charge on any atom is -0.543 e. The SMILES string of the molecule is C1CC2(CCOC2)N1.C1CC2(CCOC2)N1.O=C([O-])C(=O)[O-]. The third kappa shape index (κ3) is 4.39. The van der Waals surface area contributed by atoms with Crippen LogP contribution in [-0.2, 0) is 19.1 Å².